The molecule has 1 atom stereocenters. The second kappa shape index (κ2) is 6.41. The fraction of sp³-hybridized carbons (Fsp3) is 0.467. The summed E-state index contributed by atoms with van der Waals surface area (Å²) in [6.45, 7) is 5.95. The molecule has 1 aromatic rings. The largest absolute Gasteiger partial charge is 0.465 e. The van der Waals surface area contributed by atoms with Crippen LogP contribution in [0, 0.1) is 5.41 Å². The van der Waals surface area contributed by atoms with E-state index in [1.807, 2.05) is 51.1 Å². The number of carboxylic acid groups (broad SMARTS) is 1. The summed E-state index contributed by atoms with van der Waals surface area (Å²) in [5.41, 5.74) is 5.77. The summed E-state index contributed by atoms with van der Waals surface area (Å²) in [6.07, 6.45) is -1.03. The number of benzene rings is 1. The average molecular weight is 278 g/mol. The molecule has 0 aliphatic rings. The van der Waals surface area contributed by atoms with Gasteiger partial charge in [0.1, 0.15) is 0 Å². The Morgan fingerprint density at radius 3 is 2.20 bits per heavy atom. The number of amides is 2. The minimum Gasteiger partial charge on any atom is -0.465 e. The Hall–Kier alpha value is -2.04. The van der Waals surface area contributed by atoms with Crippen LogP contribution in [0.15, 0.2) is 30.3 Å². The van der Waals surface area contributed by atoms with Crippen molar-refractivity contribution in [1.29, 1.82) is 0 Å². The smallest absolute Gasteiger partial charge is 0.407 e. The zero-order valence-corrected chi connectivity index (χ0v) is 12.2. The number of carbonyl (C=O) groups is 2. The fourth-order valence-electron chi connectivity index (χ4n) is 2.17. The third kappa shape index (κ3) is 4.57. The van der Waals surface area contributed by atoms with Crippen LogP contribution >= 0.6 is 0 Å². The van der Waals surface area contributed by atoms with Crippen molar-refractivity contribution in [3.63, 3.8) is 0 Å². The Kier molecular flexibility index (Phi) is 5.13. The molecule has 0 aliphatic carbocycles. The molecule has 20 heavy (non-hydrogen) atoms. The van der Waals surface area contributed by atoms with Gasteiger partial charge in [-0.3, -0.25) is 4.79 Å². The molecule has 0 spiro atoms. The number of carbonyl (C=O) groups excluding carboxylic acids is 1. The standard InChI is InChI=1S/C15H22N2O3/c1-15(2,3)12(9-13(16)18)17(14(19)20)10-11-7-5-4-6-8-11/h4-8,12H,9-10H2,1-3H3,(H2,16,18)(H,19,20)/t12-/m1/s1. The molecule has 0 radical (unpaired) electrons. The summed E-state index contributed by atoms with van der Waals surface area (Å²) in [4.78, 5) is 24.1. The summed E-state index contributed by atoms with van der Waals surface area (Å²) in [5, 5.41) is 9.46. The van der Waals surface area contributed by atoms with Gasteiger partial charge >= 0.3 is 6.09 Å². The highest BCUT2D eigenvalue weighted by Crippen LogP contribution is 2.28. The molecular formula is C15H22N2O3. The van der Waals surface area contributed by atoms with Gasteiger partial charge in [-0.05, 0) is 11.0 Å². The van der Waals surface area contributed by atoms with Crippen LogP contribution in [0.25, 0.3) is 0 Å². The molecule has 110 valence electrons. The van der Waals surface area contributed by atoms with Crippen LogP contribution in [0.3, 0.4) is 0 Å². The lowest BCUT2D eigenvalue weighted by molar-refractivity contribution is -0.120. The number of rotatable bonds is 5. The van der Waals surface area contributed by atoms with Crippen molar-refractivity contribution < 1.29 is 14.7 Å². The SMILES string of the molecule is CC(C)(C)[C@@H](CC(N)=O)N(Cc1ccccc1)C(=O)O. The number of nitrogens with zero attached hydrogens (tertiary/aromatic N) is 1. The third-order valence-electron chi connectivity index (χ3n) is 3.21. The molecule has 0 saturated heterocycles. The van der Waals surface area contributed by atoms with Crippen LogP contribution in [0.2, 0.25) is 0 Å². The van der Waals surface area contributed by atoms with Crippen molar-refractivity contribution in [1.82, 2.24) is 4.90 Å². The van der Waals surface area contributed by atoms with Gasteiger partial charge in [0.25, 0.3) is 0 Å². The van der Waals surface area contributed by atoms with Crippen LogP contribution in [-0.4, -0.2) is 28.0 Å². The average Bonchev–Trinajstić information content (AvgIpc) is 2.33. The number of nitrogens with two attached hydrogens (primary N) is 1. The summed E-state index contributed by atoms with van der Waals surface area (Å²) in [5.74, 6) is -0.496. The second-order valence-electron chi connectivity index (χ2n) is 5.95. The Morgan fingerprint density at radius 2 is 1.80 bits per heavy atom. The Morgan fingerprint density at radius 1 is 1.25 bits per heavy atom. The number of hydrogen-bond donors (Lipinski definition) is 2. The van der Waals surface area contributed by atoms with Gasteiger partial charge in [0.05, 0.1) is 0 Å². The first kappa shape index (κ1) is 16.0. The van der Waals surface area contributed by atoms with Crippen molar-refractivity contribution in [3.05, 3.63) is 35.9 Å². The molecular weight excluding hydrogens is 256 g/mol. The van der Waals surface area contributed by atoms with Crippen LogP contribution in [-0.2, 0) is 11.3 Å². The van der Waals surface area contributed by atoms with E-state index in [4.69, 9.17) is 5.73 Å². The topological polar surface area (TPSA) is 83.6 Å². The molecule has 0 unspecified atom stereocenters. The predicted molar refractivity (Wildman–Crippen MR) is 77.1 cm³/mol. The van der Waals surface area contributed by atoms with E-state index in [9.17, 15) is 14.7 Å². The highest BCUT2D eigenvalue weighted by atomic mass is 16.4. The summed E-state index contributed by atoms with van der Waals surface area (Å²) < 4.78 is 0. The highest BCUT2D eigenvalue weighted by molar-refractivity contribution is 5.75. The molecule has 1 rings (SSSR count). The first-order valence-electron chi connectivity index (χ1n) is 6.53. The molecule has 1 aromatic carbocycles. The quantitative estimate of drug-likeness (QED) is 0.867. The van der Waals surface area contributed by atoms with E-state index in [-0.39, 0.29) is 18.4 Å². The zero-order chi connectivity index (χ0) is 15.3. The summed E-state index contributed by atoms with van der Waals surface area (Å²) >= 11 is 0. The zero-order valence-electron chi connectivity index (χ0n) is 12.2. The maximum absolute atomic E-state index is 11.5. The lowest BCUT2D eigenvalue weighted by atomic mass is 9.83. The fourth-order valence-corrected chi connectivity index (χ4v) is 2.17. The Balaban J connectivity index is 3.02. The minimum atomic E-state index is -1.05. The first-order chi connectivity index (χ1) is 9.21. The van der Waals surface area contributed by atoms with Gasteiger partial charge in [-0.1, -0.05) is 51.1 Å². The maximum Gasteiger partial charge on any atom is 0.407 e. The van der Waals surface area contributed by atoms with E-state index in [1.54, 1.807) is 0 Å². The first-order valence-corrected chi connectivity index (χ1v) is 6.53. The van der Waals surface area contributed by atoms with Crippen molar-refractivity contribution in [2.24, 2.45) is 11.1 Å². The van der Waals surface area contributed by atoms with Crippen molar-refractivity contribution in [2.45, 2.75) is 39.8 Å². The van der Waals surface area contributed by atoms with Gasteiger partial charge in [0, 0.05) is 19.0 Å². The third-order valence-corrected chi connectivity index (χ3v) is 3.21. The van der Waals surface area contributed by atoms with Gasteiger partial charge in [-0.25, -0.2) is 4.79 Å². The van der Waals surface area contributed by atoms with Gasteiger partial charge in [-0.2, -0.15) is 0 Å². The molecule has 5 heteroatoms. The van der Waals surface area contributed by atoms with E-state index in [2.05, 4.69) is 0 Å². The van der Waals surface area contributed by atoms with E-state index >= 15 is 0 Å². The monoisotopic (exact) mass is 278 g/mol. The molecule has 0 heterocycles. The van der Waals surface area contributed by atoms with Crippen LogP contribution < -0.4 is 5.73 Å². The molecule has 5 nitrogen and oxygen atoms in total. The molecule has 0 aliphatic heterocycles. The minimum absolute atomic E-state index is 0.0165. The number of primary amides is 1. The highest BCUT2D eigenvalue weighted by Gasteiger charge is 2.34. The van der Waals surface area contributed by atoms with Gasteiger partial charge < -0.3 is 15.7 Å². The van der Waals surface area contributed by atoms with Crippen LogP contribution in [0.4, 0.5) is 4.79 Å². The maximum atomic E-state index is 11.5. The molecule has 0 bridgehead atoms. The van der Waals surface area contributed by atoms with E-state index in [1.165, 1.54) is 4.90 Å². The molecule has 0 fully saturated rings. The molecule has 2 amide bonds. The van der Waals surface area contributed by atoms with Crippen LogP contribution in [0.5, 0.6) is 0 Å². The molecule has 0 aromatic heterocycles. The summed E-state index contributed by atoms with van der Waals surface area (Å²) in [7, 11) is 0. The Bertz CT molecular complexity index is 466. The van der Waals surface area contributed by atoms with Crippen molar-refractivity contribution in [2.75, 3.05) is 0 Å². The molecule has 0 saturated carbocycles. The van der Waals surface area contributed by atoms with Crippen molar-refractivity contribution in [3.8, 4) is 0 Å². The van der Waals surface area contributed by atoms with E-state index < -0.39 is 18.0 Å². The lowest BCUT2D eigenvalue weighted by Crippen LogP contribution is -2.48. The van der Waals surface area contributed by atoms with Gasteiger partial charge in [0.15, 0.2) is 0 Å². The number of hydrogen-bond acceptors (Lipinski definition) is 2. The molecule has 3 N–H and O–H groups in total. The predicted octanol–water partition coefficient (Wildman–Crippen LogP) is 2.46. The van der Waals surface area contributed by atoms with E-state index in [0.717, 1.165) is 5.56 Å². The van der Waals surface area contributed by atoms with Crippen molar-refractivity contribution >= 4 is 12.0 Å². The van der Waals surface area contributed by atoms with Gasteiger partial charge in [0.2, 0.25) is 5.91 Å². The second-order valence-corrected chi connectivity index (χ2v) is 5.95. The Labute approximate surface area is 119 Å². The summed E-state index contributed by atoms with van der Waals surface area (Å²) in [6, 6.07) is 8.85. The van der Waals surface area contributed by atoms with E-state index in [0.29, 0.717) is 0 Å². The normalized spacial score (nSPS) is 12.8. The van der Waals surface area contributed by atoms with Crippen LogP contribution in [0.1, 0.15) is 32.8 Å². The van der Waals surface area contributed by atoms with Gasteiger partial charge in [-0.15, -0.1) is 0 Å². The lowest BCUT2D eigenvalue weighted by Gasteiger charge is -2.38.